The number of benzene rings is 3. The summed E-state index contributed by atoms with van der Waals surface area (Å²) in [5.41, 5.74) is 1.11. The first-order valence-corrected chi connectivity index (χ1v) is 12.1. The number of carbonyl (C=O) groups is 2. The van der Waals surface area contributed by atoms with Gasteiger partial charge in [-0.25, -0.2) is 9.29 Å². The molecule has 10 heteroatoms. The van der Waals surface area contributed by atoms with Gasteiger partial charge in [0, 0.05) is 10.6 Å². The molecule has 1 saturated heterocycles. The maximum absolute atomic E-state index is 14.3. The van der Waals surface area contributed by atoms with Gasteiger partial charge in [0.2, 0.25) is 0 Å². The second-order valence-electron chi connectivity index (χ2n) is 7.10. The van der Waals surface area contributed by atoms with Crippen LogP contribution in [0.25, 0.3) is 6.08 Å². The minimum atomic E-state index is -0.731. The van der Waals surface area contributed by atoms with E-state index in [2.05, 4.69) is 37.2 Å². The molecule has 1 N–H and O–H groups in total. The number of para-hydroxylation sites is 1. The van der Waals surface area contributed by atoms with Gasteiger partial charge in [0.15, 0.2) is 5.11 Å². The molecule has 34 heavy (non-hydrogen) atoms. The Hall–Kier alpha value is -2.59. The van der Waals surface area contributed by atoms with E-state index >= 15 is 0 Å². The quantitative estimate of drug-likeness (QED) is 0.203. The van der Waals surface area contributed by atoms with E-state index in [4.69, 9.17) is 28.6 Å². The summed E-state index contributed by atoms with van der Waals surface area (Å²) >= 11 is 18.2. The highest BCUT2D eigenvalue weighted by Gasteiger charge is 2.35. The zero-order chi connectivity index (χ0) is 24.4. The van der Waals surface area contributed by atoms with Gasteiger partial charge in [0.1, 0.15) is 23.7 Å². The lowest BCUT2D eigenvalue weighted by molar-refractivity contribution is -0.122. The normalized spacial score (nSPS) is 15.0. The van der Waals surface area contributed by atoms with Crippen molar-refractivity contribution in [2.45, 2.75) is 6.61 Å². The van der Waals surface area contributed by atoms with Gasteiger partial charge in [-0.1, -0.05) is 41.9 Å². The summed E-state index contributed by atoms with van der Waals surface area (Å²) in [6.07, 6.45) is 1.40. The number of amides is 2. The lowest BCUT2D eigenvalue weighted by Gasteiger charge is -2.29. The molecule has 0 bridgehead atoms. The number of halogens is 4. The molecule has 0 unspecified atom stereocenters. The van der Waals surface area contributed by atoms with Gasteiger partial charge in [-0.15, -0.1) is 0 Å². The van der Waals surface area contributed by atoms with Crippen LogP contribution in [0.3, 0.4) is 0 Å². The predicted octanol–water partition coefficient (Wildman–Crippen LogP) is 6.41. The Bertz CT molecular complexity index is 1340. The minimum absolute atomic E-state index is 0.0471. The zero-order valence-corrected chi connectivity index (χ0v) is 21.9. The number of nitrogens with zero attached hydrogens (tertiary/aromatic N) is 1. The number of anilines is 1. The third-order valence-corrected chi connectivity index (χ3v) is 6.69. The summed E-state index contributed by atoms with van der Waals surface area (Å²) in [5.74, 6) is -1.52. The summed E-state index contributed by atoms with van der Waals surface area (Å²) in [6, 6.07) is 16.4. The highest BCUT2D eigenvalue weighted by molar-refractivity contribution is 9.11. The van der Waals surface area contributed by atoms with Crippen LogP contribution < -0.4 is 15.0 Å². The number of nitrogens with one attached hydrogen (secondary N) is 1. The van der Waals surface area contributed by atoms with E-state index in [0.29, 0.717) is 25.3 Å². The number of ether oxygens (including phenoxy) is 1. The second kappa shape index (κ2) is 10.4. The average Bonchev–Trinajstić information content (AvgIpc) is 2.78. The monoisotopic (exact) mass is 622 g/mol. The number of carbonyl (C=O) groups excluding carboxylic acids is 2. The molecular weight excluding hydrogens is 611 g/mol. The molecule has 2 amide bonds. The van der Waals surface area contributed by atoms with Crippen LogP contribution >= 0.6 is 55.7 Å². The summed E-state index contributed by atoms with van der Waals surface area (Å²) in [5, 5.41) is 2.84. The van der Waals surface area contributed by atoms with E-state index in [-0.39, 0.29) is 23.0 Å². The largest absolute Gasteiger partial charge is 0.486 e. The van der Waals surface area contributed by atoms with Gasteiger partial charge in [0.25, 0.3) is 11.8 Å². The standard InChI is InChI=1S/C24H14Br2ClFN2O3S/c25-16-10-13(11-17(26)21(16)33-12-14-5-1-2-6-18(14)27)9-15-22(31)29-24(34)30(23(15)32)20-8-4-3-7-19(20)28/h1-11H,12H2,(H,29,31,34)/b15-9+. The van der Waals surface area contributed by atoms with Crippen molar-refractivity contribution < 1.29 is 18.7 Å². The van der Waals surface area contributed by atoms with Crippen LogP contribution in [-0.4, -0.2) is 16.9 Å². The van der Waals surface area contributed by atoms with Gasteiger partial charge in [-0.2, -0.15) is 0 Å². The van der Waals surface area contributed by atoms with E-state index in [1.807, 2.05) is 18.2 Å². The first kappa shape index (κ1) is 24.5. The maximum atomic E-state index is 14.3. The maximum Gasteiger partial charge on any atom is 0.270 e. The van der Waals surface area contributed by atoms with Gasteiger partial charge in [-0.3, -0.25) is 14.9 Å². The molecule has 3 aromatic rings. The first-order chi connectivity index (χ1) is 16.3. The third kappa shape index (κ3) is 5.07. The van der Waals surface area contributed by atoms with Crippen LogP contribution in [0.1, 0.15) is 11.1 Å². The first-order valence-electron chi connectivity index (χ1n) is 9.77. The summed E-state index contributed by atoms with van der Waals surface area (Å²) in [7, 11) is 0. The molecule has 0 aromatic heterocycles. The fourth-order valence-electron chi connectivity index (χ4n) is 3.24. The van der Waals surface area contributed by atoms with Crippen molar-refractivity contribution in [1.29, 1.82) is 0 Å². The van der Waals surface area contributed by atoms with Crippen LogP contribution in [0.5, 0.6) is 5.75 Å². The van der Waals surface area contributed by atoms with E-state index in [1.165, 1.54) is 24.3 Å². The topological polar surface area (TPSA) is 58.6 Å². The van der Waals surface area contributed by atoms with E-state index < -0.39 is 17.6 Å². The molecule has 0 saturated carbocycles. The third-order valence-electron chi connectivity index (χ3n) is 4.86. The Morgan fingerprint density at radius 3 is 2.38 bits per heavy atom. The van der Waals surface area contributed by atoms with Crippen molar-refractivity contribution in [3.8, 4) is 5.75 Å². The molecule has 0 atom stereocenters. The molecule has 0 aliphatic carbocycles. The molecule has 4 rings (SSSR count). The summed E-state index contributed by atoms with van der Waals surface area (Å²) in [6.45, 7) is 0.243. The van der Waals surface area contributed by atoms with Crippen LogP contribution in [0.4, 0.5) is 10.1 Å². The molecule has 3 aromatic carbocycles. The molecule has 5 nitrogen and oxygen atoms in total. The van der Waals surface area contributed by atoms with E-state index in [9.17, 15) is 14.0 Å². The second-order valence-corrected chi connectivity index (χ2v) is 9.61. The van der Waals surface area contributed by atoms with Crippen LogP contribution in [0.2, 0.25) is 5.02 Å². The molecule has 1 aliphatic heterocycles. The van der Waals surface area contributed by atoms with Gasteiger partial charge >= 0.3 is 0 Å². The van der Waals surface area contributed by atoms with Crippen LogP contribution in [-0.2, 0) is 16.2 Å². The van der Waals surface area contributed by atoms with E-state index in [1.54, 1.807) is 24.3 Å². The number of hydrogen-bond acceptors (Lipinski definition) is 4. The Morgan fingerprint density at radius 2 is 1.71 bits per heavy atom. The highest BCUT2D eigenvalue weighted by atomic mass is 79.9. The molecule has 172 valence electrons. The fourth-order valence-corrected chi connectivity index (χ4v) is 5.16. The van der Waals surface area contributed by atoms with Gasteiger partial charge in [-0.05, 0) is 86.0 Å². The van der Waals surface area contributed by atoms with Crippen molar-refractivity contribution in [3.63, 3.8) is 0 Å². The lowest BCUT2D eigenvalue weighted by atomic mass is 10.1. The summed E-state index contributed by atoms with van der Waals surface area (Å²) < 4.78 is 21.4. The Labute approximate surface area is 221 Å². The van der Waals surface area contributed by atoms with Crippen molar-refractivity contribution in [2.75, 3.05) is 4.90 Å². The Balaban J connectivity index is 1.63. The Kier molecular flexibility index (Phi) is 7.47. The predicted molar refractivity (Wildman–Crippen MR) is 140 cm³/mol. The van der Waals surface area contributed by atoms with Gasteiger partial charge < -0.3 is 4.74 Å². The van der Waals surface area contributed by atoms with Crippen molar-refractivity contribution in [2.24, 2.45) is 0 Å². The van der Waals surface area contributed by atoms with Crippen LogP contribution in [0.15, 0.2) is 75.2 Å². The molecule has 1 aliphatic rings. The van der Waals surface area contributed by atoms with Crippen molar-refractivity contribution in [1.82, 2.24) is 5.32 Å². The van der Waals surface area contributed by atoms with E-state index in [0.717, 1.165) is 10.5 Å². The Morgan fingerprint density at radius 1 is 1.06 bits per heavy atom. The average molecular weight is 625 g/mol. The highest BCUT2D eigenvalue weighted by Crippen LogP contribution is 2.36. The molecule has 1 heterocycles. The minimum Gasteiger partial charge on any atom is -0.486 e. The molecular formula is C24H14Br2ClFN2O3S. The SMILES string of the molecule is O=C1NC(=S)N(c2ccccc2F)C(=O)/C1=C/c1cc(Br)c(OCc2ccccc2Cl)c(Br)c1. The molecule has 1 fully saturated rings. The smallest absolute Gasteiger partial charge is 0.270 e. The molecule has 0 spiro atoms. The fraction of sp³-hybridized carbons (Fsp3) is 0.0417. The van der Waals surface area contributed by atoms with Crippen molar-refractivity contribution in [3.05, 3.63) is 97.1 Å². The lowest BCUT2D eigenvalue weighted by Crippen LogP contribution is -2.54. The van der Waals surface area contributed by atoms with Crippen molar-refractivity contribution >= 4 is 84.4 Å². The summed E-state index contributed by atoms with van der Waals surface area (Å²) in [4.78, 5) is 26.6. The number of thiocarbonyl (C=S) groups is 1. The number of rotatable bonds is 5. The molecule has 0 radical (unpaired) electrons. The van der Waals surface area contributed by atoms with Gasteiger partial charge in [0.05, 0.1) is 14.6 Å². The zero-order valence-electron chi connectivity index (χ0n) is 17.2. The number of hydrogen-bond donors (Lipinski definition) is 1. The van der Waals surface area contributed by atoms with Crippen LogP contribution in [0, 0.1) is 5.82 Å².